The van der Waals surface area contributed by atoms with Gasteiger partial charge >= 0.3 is 6.18 Å². The van der Waals surface area contributed by atoms with Crippen LogP contribution in [0.3, 0.4) is 0 Å². The summed E-state index contributed by atoms with van der Waals surface area (Å²) in [6, 6.07) is 15.8. The van der Waals surface area contributed by atoms with Crippen LogP contribution in [0.2, 0.25) is 10.0 Å². The van der Waals surface area contributed by atoms with Gasteiger partial charge in [0.25, 0.3) is 11.8 Å². The molecule has 4 aliphatic rings. The summed E-state index contributed by atoms with van der Waals surface area (Å²) >= 11 is 14.0. The van der Waals surface area contributed by atoms with Gasteiger partial charge in [0.05, 0.1) is 40.3 Å². The van der Waals surface area contributed by atoms with E-state index in [2.05, 4.69) is 10.4 Å². The molecule has 2 aromatic carbocycles. The number of benzene rings is 2. The minimum absolute atomic E-state index is 0.00593. The number of phenolic OH excluding ortho intramolecular Hbond substituents is 1. The number of fused-ring (bicyclic) bond motifs is 4. The molecule has 2 aliphatic carbocycles. The molecule has 272 valence electrons. The highest BCUT2D eigenvalue weighted by Crippen LogP contribution is 2.64. The molecule has 4 aromatic rings. The van der Waals surface area contributed by atoms with E-state index >= 15 is 4.79 Å². The van der Waals surface area contributed by atoms with Crippen molar-refractivity contribution in [1.29, 1.82) is 0 Å². The van der Waals surface area contributed by atoms with Crippen LogP contribution < -0.4 is 5.43 Å². The quantitative estimate of drug-likeness (QED) is 0.152. The molecule has 0 radical (unpaired) electrons. The van der Waals surface area contributed by atoms with Crippen LogP contribution in [0.15, 0.2) is 83.9 Å². The number of hydrogen-bond acceptors (Lipinski definition) is 8. The number of hydrogen-bond donors (Lipinski definition) is 2. The molecule has 2 aliphatic heterocycles. The van der Waals surface area contributed by atoms with Crippen molar-refractivity contribution in [3.05, 3.63) is 121 Å². The fraction of sp³-hybridized carbons (Fsp3) is 0.289. The summed E-state index contributed by atoms with van der Waals surface area (Å²) in [4.78, 5) is 64.1. The van der Waals surface area contributed by atoms with Crippen LogP contribution in [0.4, 0.5) is 19.0 Å². The number of aromatic nitrogens is 1. The van der Waals surface area contributed by atoms with E-state index in [4.69, 9.17) is 23.2 Å². The normalized spacial score (nSPS) is 26.8. The second kappa shape index (κ2) is 12.7. The first-order chi connectivity index (χ1) is 25.2. The van der Waals surface area contributed by atoms with Crippen molar-refractivity contribution in [2.75, 3.05) is 5.43 Å². The lowest BCUT2D eigenvalue weighted by molar-refractivity contribution is -0.142. The number of carbonyl (C=O) groups excluding carboxylic acids is 4. The van der Waals surface area contributed by atoms with Gasteiger partial charge in [-0.1, -0.05) is 65.2 Å². The Morgan fingerprint density at radius 1 is 1.00 bits per heavy atom. The van der Waals surface area contributed by atoms with Crippen molar-refractivity contribution in [1.82, 2.24) is 14.9 Å². The number of allylic oxidation sites excluding steroid dienone is 2. The molecule has 4 amide bonds. The minimum Gasteiger partial charge on any atom is -0.508 e. The predicted molar refractivity (Wildman–Crippen MR) is 190 cm³/mol. The van der Waals surface area contributed by atoms with Gasteiger partial charge in [0.1, 0.15) is 5.75 Å². The van der Waals surface area contributed by atoms with Gasteiger partial charge in [-0.25, -0.2) is 4.98 Å². The summed E-state index contributed by atoms with van der Waals surface area (Å²) in [6.45, 7) is 1.82. The molecule has 2 saturated heterocycles. The summed E-state index contributed by atoms with van der Waals surface area (Å²) in [5, 5.41) is 13.1. The second-order valence-electron chi connectivity index (χ2n) is 13.8. The first-order valence-corrected chi connectivity index (χ1v) is 18.4. The van der Waals surface area contributed by atoms with Crippen LogP contribution in [-0.2, 0) is 37.3 Å². The zero-order chi connectivity index (χ0) is 37.6. The molecular formula is C38H29Cl2F3N4O5S. The van der Waals surface area contributed by atoms with Gasteiger partial charge < -0.3 is 5.11 Å². The third-order valence-corrected chi connectivity index (χ3v) is 12.5. The number of hydrazine groups is 1. The molecule has 2 N–H and O–H groups in total. The number of aromatic hydroxyl groups is 1. The molecule has 8 rings (SSSR count). The number of alkyl halides is 3. The lowest BCUT2D eigenvalue weighted by Gasteiger charge is -2.50. The molecule has 0 spiro atoms. The third-order valence-electron chi connectivity index (χ3n) is 11.1. The number of amides is 4. The van der Waals surface area contributed by atoms with Gasteiger partial charge in [-0.05, 0) is 78.1 Å². The van der Waals surface area contributed by atoms with Crippen molar-refractivity contribution in [3.63, 3.8) is 0 Å². The maximum Gasteiger partial charge on any atom is 0.417 e. The number of imide groups is 2. The Balaban J connectivity index is 1.30. The lowest BCUT2D eigenvalue weighted by Crippen LogP contribution is -2.53. The summed E-state index contributed by atoms with van der Waals surface area (Å²) in [6.07, 6.45) is -2.04. The van der Waals surface area contributed by atoms with Crippen LogP contribution in [0.25, 0.3) is 0 Å². The Bertz CT molecular complexity index is 2230. The summed E-state index contributed by atoms with van der Waals surface area (Å²) in [5.41, 5.74) is 2.06. The predicted octanol–water partition coefficient (Wildman–Crippen LogP) is 7.67. The van der Waals surface area contributed by atoms with E-state index in [1.165, 1.54) is 22.3 Å². The first-order valence-electron chi connectivity index (χ1n) is 16.7. The summed E-state index contributed by atoms with van der Waals surface area (Å²) in [7, 11) is 0. The maximum absolute atomic E-state index is 15.2. The third kappa shape index (κ3) is 5.46. The number of thiophene rings is 1. The molecule has 2 aromatic heterocycles. The van der Waals surface area contributed by atoms with Gasteiger partial charge in [0.15, 0.2) is 5.82 Å². The van der Waals surface area contributed by atoms with E-state index in [0.717, 1.165) is 9.89 Å². The molecule has 6 atom stereocenters. The van der Waals surface area contributed by atoms with Crippen molar-refractivity contribution in [2.24, 2.45) is 23.7 Å². The second-order valence-corrected chi connectivity index (χ2v) is 15.7. The van der Waals surface area contributed by atoms with E-state index in [1.807, 2.05) is 23.6 Å². The van der Waals surface area contributed by atoms with E-state index in [-0.39, 0.29) is 42.8 Å². The first kappa shape index (κ1) is 35.3. The number of carbonyl (C=O) groups is 4. The number of nitrogens with zero attached hydrogens (tertiary/aromatic N) is 3. The number of aryl methyl sites for hydroxylation is 1. The van der Waals surface area contributed by atoms with E-state index in [9.17, 15) is 32.7 Å². The van der Waals surface area contributed by atoms with E-state index in [0.29, 0.717) is 39.5 Å². The number of likely N-dealkylation sites (tertiary alicyclic amines) is 1. The van der Waals surface area contributed by atoms with Crippen molar-refractivity contribution in [3.8, 4) is 5.75 Å². The average molecular weight is 782 g/mol. The largest absolute Gasteiger partial charge is 0.508 e. The molecule has 0 bridgehead atoms. The van der Waals surface area contributed by atoms with Crippen LogP contribution in [0, 0.1) is 30.6 Å². The standard InChI is InChI=1S/C38H29Cl2F3N4O5S/c1-18-13-19(4-11-29(18)48)31-24-9-10-25-30(35(51)46(33(25)49)17-23-3-2-12-53-23)26(24)15-27-34(50)47(36(52)37(27,31)20-5-7-22(39)8-6-20)45-32-28(40)14-21(16-44-32)38(41,42)43/h2-9,11-14,16,25-27,30-31,48H,10,15,17H2,1H3,(H,44,45). The summed E-state index contributed by atoms with van der Waals surface area (Å²) in [5.74, 6) is -6.54. The van der Waals surface area contributed by atoms with Crippen LogP contribution in [0.5, 0.6) is 5.75 Å². The Labute approximate surface area is 315 Å². The lowest BCUT2D eigenvalue weighted by atomic mass is 9.49. The zero-order valence-electron chi connectivity index (χ0n) is 27.7. The van der Waals surface area contributed by atoms with Gasteiger partial charge in [-0.3, -0.25) is 29.5 Å². The Morgan fingerprint density at radius 3 is 2.42 bits per heavy atom. The molecule has 6 unspecified atom stereocenters. The van der Waals surface area contributed by atoms with Crippen LogP contribution >= 0.6 is 34.5 Å². The van der Waals surface area contributed by atoms with Crippen LogP contribution in [0.1, 0.15) is 45.9 Å². The number of rotatable bonds is 6. The Kier molecular flexibility index (Phi) is 8.47. The number of phenols is 1. The monoisotopic (exact) mass is 780 g/mol. The summed E-state index contributed by atoms with van der Waals surface area (Å²) < 4.78 is 40.3. The average Bonchev–Trinajstić information content (AvgIpc) is 3.78. The van der Waals surface area contributed by atoms with Crippen molar-refractivity contribution < 1.29 is 37.5 Å². The minimum atomic E-state index is -4.74. The van der Waals surface area contributed by atoms with Crippen molar-refractivity contribution >= 4 is 64.0 Å². The Morgan fingerprint density at radius 2 is 1.75 bits per heavy atom. The van der Waals surface area contributed by atoms with Gasteiger partial charge in [-0.15, -0.1) is 11.3 Å². The van der Waals surface area contributed by atoms with Gasteiger partial charge in [-0.2, -0.15) is 18.2 Å². The molecule has 3 fully saturated rings. The van der Waals surface area contributed by atoms with Crippen LogP contribution in [-0.4, -0.2) is 43.6 Å². The highest BCUT2D eigenvalue weighted by atomic mass is 35.5. The SMILES string of the molecule is Cc1cc(C2C3=CCC4C(=O)N(Cc5cccs5)C(=O)C4C3CC3C(=O)N(Nc4ncc(C(F)(F)F)cc4Cl)C(=O)C32c2ccc(Cl)cc2)ccc1O. The topological polar surface area (TPSA) is 120 Å². The molecule has 53 heavy (non-hydrogen) atoms. The zero-order valence-corrected chi connectivity index (χ0v) is 30.1. The highest BCUT2D eigenvalue weighted by Gasteiger charge is 2.70. The molecule has 1 saturated carbocycles. The highest BCUT2D eigenvalue weighted by molar-refractivity contribution is 7.09. The number of nitrogens with one attached hydrogen (secondary N) is 1. The fourth-order valence-electron chi connectivity index (χ4n) is 8.80. The number of halogens is 5. The van der Waals surface area contributed by atoms with E-state index < -0.39 is 63.6 Å². The number of anilines is 1. The molecule has 9 nitrogen and oxygen atoms in total. The van der Waals surface area contributed by atoms with E-state index in [1.54, 1.807) is 43.3 Å². The Hall–Kier alpha value is -4.72. The smallest absolute Gasteiger partial charge is 0.417 e. The van der Waals surface area contributed by atoms with Gasteiger partial charge in [0.2, 0.25) is 11.8 Å². The number of pyridine rings is 1. The van der Waals surface area contributed by atoms with Crippen molar-refractivity contribution in [2.45, 2.75) is 43.8 Å². The maximum atomic E-state index is 15.2. The molecule has 4 heterocycles. The fourth-order valence-corrected chi connectivity index (χ4v) is 9.82. The molecular weight excluding hydrogens is 752 g/mol. The molecule has 15 heteroatoms. The van der Waals surface area contributed by atoms with Gasteiger partial charge in [0, 0.05) is 22.0 Å².